The molecule has 0 aliphatic carbocycles. The van der Waals surface area contributed by atoms with E-state index in [4.69, 9.17) is 4.74 Å². The van der Waals surface area contributed by atoms with Gasteiger partial charge in [0.25, 0.3) is 0 Å². The van der Waals surface area contributed by atoms with Gasteiger partial charge in [0.15, 0.2) is 5.96 Å². The maximum Gasteiger partial charge on any atom is 0.193 e. The van der Waals surface area contributed by atoms with Gasteiger partial charge in [-0.1, -0.05) is 0 Å². The molecule has 25 heavy (non-hydrogen) atoms. The average molecular weight is 481 g/mol. The number of aliphatic imine (C=N–C) groups is 1. The van der Waals surface area contributed by atoms with Crippen LogP contribution >= 0.6 is 35.7 Å². The van der Waals surface area contributed by atoms with Crippen molar-refractivity contribution >= 4 is 41.7 Å². The number of hydrogen-bond donors (Lipinski definition) is 1. The molecule has 7 heteroatoms. The molecule has 4 nitrogen and oxygen atoms in total. The Morgan fingerprint density at radius 1 is 1.32 bits per heavy atom. The number of benzene rings is 1. The van der Waals surface area contributed by atoms with Gasteiger partial charge in [0.1, 0.15) is 5.82 Å². The third-order valence-corrected chi connectivity index (χ3v) is 5.14. The zero-order valence-corrected chi connectivity index (χ0v) is 18.2. The molecule has 2 rings (SSSR count). The van der Waals surface area contributed by atoms with Crippen molar-refractivity contribution in [2.45, 2.75) is 37.2 Å². The molecule has 1 fully saturated rings. The van der Waals surface area contributed by atoms with Crippen LogP contribution < -0.4 is 5.32 Å². The fraction of sp³-hybridized carbons (Fsp3) is 0.611. The van der Waals surface area contributed by atoms with E-state index >= 15 is 0 Å². The maximum absolute atomic E-state index is 12.9. The minimum absolute atomic E-state index is 0. The Bertz CT molecular complexity index is 508. The van der Waals surface area contributed by atoms with Gasteiger partial charge in [0, 0.05) is 38.2 Å². The largest absolute Gasteiger partial charge is 0.378 e. The Balaban J connectivity index is 0.00000312. The van der Waals surface area contributed by atoms with Gasteiger partial charge in [-0.2, -0.15) is 0 Å². The van der Waals surface area contributed by atoms with Crippen molar-refractivity contribution in [1.29, 1.82) is 0 Å². The predicted octanol–water partition coefficient (Wildman–Crippen LogP) is 4.00. The van der Waals surface area contributed by atoms with E-state index in [0.717, 1.165) is 62.1 Å². The monoisotopic (exact) mass is 481 g/mol. The first-order valence-corrected chi connectivity index (χ1v) is 9.67. The lowest BCUT2D eigenvalue weighted by atomic mass is 10.1. The lowest BCUT2D eigenvalue weighted by Gasteiger charge is -2.34. The Labute approximate surface area is 172 Å². The summed E-state index contributed by atoms with van der Waals surface area (Å²) < 4.78 is 18.6. The second-order valence-electron chi connectivity index (χ2n) is 5.77. The number of nitrogens with one attached hydrogen (secondary N) is 1. The summed E-state index contributed by atoms with van der Waals surface area (Å²) >= 11 is 1.75. The van der Waals surface area contributed by atoms with E-state index in [1.165, 1.54) is 12.1 Å². The fourth-order valence-corrected chi connectivity index (χ4v) is 3.65. The fourth-order valence-electron chi connectivity index (χ4n) is 2.80. The summed E-state index contributed by atoms with van der Waals surface area (Å²) in [6.07, 6.45) is 3.57. The van der Waals surface area contributed by atoms with E-state index in [2.05, 4.69) is 22.1 Å². The van der Waals surface area contributed by atoms with Crippen LogP contribution in [0.2, 0.25) is 0 Å². The molecule has 1 aromatic rings. The first-order valence-electron chi connectivity index (χ1n) is 8.68. The molecular weight excluding hydrogens is 452 g/mol. The number of nitrogens with zero attached hydrogens (tertiary/aromatic N) is 2. The van der Waals surface area contributed by atoms with Gasteiger partial charge < -0.3 is 15.0 Å². The van der Waals surface area contributed by atoms with Crippen molar-refractivity contribution in [3.05, 3.63) is 30.1 Å². The number of guanidine groups is 1. The molecule has 0 radical (unpaired) electrons. The molecule has 1 aromatic carbocycles. The Morgan fingerprint density at radius 3 is 2.60 bits per heavy atom. The van der Waals surface area contributed by atoms with Crippen LogP contribution in [-0.2, 0) is 4.74 Å². The molecule has 0 spiro atoms. The predicted molar refractivity (Wildman–Crippen MR) is 115 cm³/mol. The number of piperidine rings is 1. The number of hydrogen-bond acceptors (Lipinski definition) is 3. The summed E-state index contributed by atoms with van der Waals surface area (Å²) in [6, 6.07) is 6.67. The molecule has 1 aliphatic rings. The van der Waals surface area contributed by atoms with Gasteiger partial charge >= 0.3 is 0 Å². The van der Waals surface area contributed by atoms with Gasteiger partial charge in [0.05, 0.1) is 6.10 Å². The summed E-state index contributed by atoms with van der Waals surface area (Å²) in [6.45, 7) is 5.73. The molecular formula is C18H29FIN3OS. The van der Waals surface area contributed by atoms with Crippen LogP contribution in [0.25, 0.3) is 0 Å². The number of halogens is 2. The Hall–Kier alpha value is -0.540. The van der Waals surface area contributed by atoms with E-state index in [1.54, 1.807) is 11.8 Å². The van der Waals surface area contributed by atoms with Crippen LogP contribution in [0.4, 0.5) is 4.39 Å². The summed E-state index contributed by atoms with van der Waals surface area (Å²) in [5.41, 5.74) is 0. The first-order chi connectivity index (χ1) is 11.7. The number of likely N-dealkylation sites (tertiary alicyclic amines) is 1. The molecule has 0 amide bonds. The topological polar surface area (TPSA) is 36.9 Å². The van der Waals surface area contributed by atoms with Gasteiger partial charge in [-0.3, -0.25) is 4.99 Å². The smallest absolute Gasteiger partial charge is 0.193 e. The van der Waals surface area contributed by atoms with Crippen LogP contribution in [-0.4, -0.2) is 56.0 Å². The highest BCUT2D eigenvalue weighted by atomic mass is 127. The molecule has 1 saturated heterocycles. The molecule has 0 aromatic heterocycles. The summed E-state index contributed by atoms with van der Waals surface area (Å²) in [5.74, 6) is 1.80. The second kappa shape index (κ2) is 12.8. The number of rotatable bonds is 7. The van der Waals surface area contributed by atoms with Gasteiger partial charge in [-0.25, -0.2) is 4.39 Å². The first kappa shape index (κ1) is 22.5. The maximum atomic E-state index is 12.9. The van der Waals surface area contributed by atoms with Gasteiger partial charge in [-0.15, -0.1) is 35.7 Å². The Morgan fingerprint density at radius 2 is 2.00 bits per heavy atom. The quantitative estimate of drug-likeness (QED) is 0.210. The zero-order chi connectivity index (χ0) is 17.2. The van der Waals surface area contributed by atoms with Crippen molar-refractivity contribution in [2.24, 2.45) is 4.99 Å². The van der Waals surface area contributed by atoms with Gasteiger partial charge in [-0.05, 0) is 56.2 Å². The molecule has 1 aliphatic heterocycles. The number of thioether (sulfide) groups is 1. The highest BCUT2D eigenvalue weighted by molar-refractivity contribution is 14.0. The molecule has 0 bridgehead atoms. The molecule has 1 heterocycles. The molecule has 1 N–H and O–H groups in total. The van der Waals surface area contributed by atoms with Crippen molar-refractivity contribution < 1.29 is 9.13 Å². The van der Waals surface area contributed by atoms with E-state index < -0.39 is 0 Å². The third-order valence-electron chi connectivity index (χ3n) is 4.04. The highest BCUT2D eigenvalue weighted by Crippen LogP contribution is 2.18. The minimum Gasteiger partial charge on any atom is -0.378 e. The van der Waals surface area contributed by atoms with Gasteiger partial charge in [0.2, 0.25) is 0 Å². The normalized spacial score (nSPS) is 15.8. The van der Waals surface area contributed by atoms with Crippen LogP contribution in [0.5, 0.6) is 0 Å². The van der Waals surface area contributed by atoms with Crippen molar-refractivity contribution in [1.82, 2.24) is 10.2 Å². The molecule has 142 valence electrons. The summed E-state index contributed by atoms with van der Waals surface area (Å²) in [5, 5.41) is 3.44. The van der Waals surface area contributed by atoms with E-state index in [1.807, 2.05) is 19.2 Å². The molecule has 0 unspecified atom stereocenters. The van der Waals surface area contributed by atoms with E-state index in [9.17, 15) is 4.39 Å². The second-order valence-corrected chi connectivity index (χ2v) is 6.94. The van der Waals surface area contributed by atoms with E-state index in [-0.39, 0.29) is 29.8 Å². The Kier molecular flexibility index (Phi) is 11.5. The van der Waals surface area contributed by atoms with Crippen molar-refractivity contribution in [3.8, 4) is 0 Å². The lowest BCUT2D eigenvalue weighted by molar-refractivity contribution is 0.0264. The van der Waals surface area contributed by atoms with Crippen LogP contribution in [0.3, 0.4) is 0 Å². The summed E-state index contributed by atoms with van der Waals surface area (Å²) in [7, 11) is 1.84. The number of ether oxygens (including phenoxy) is 1. The zero-order valence-electron chi connectivity index (χ0n) is 15.0. The van der Waals surface area contributed by atoms with E-state index in [0.29, 0.717) is 6.10 Å². The van der Waals surface area contributed by atoms with Crippen LogP contribution in [0.15, 0.2) is 34.2 Å². The standard InChI is InChI=1S/C18H28FN3OS.HI/c1-3-23-16-9-12-22(13-10-16)18(20-2)21-11-4-14-24-17-7-5-15(19)6-8-17;/h5-8,16H,3-4,9-14H2,1-2H3,(H,20,21);1H. The van der Waals surface area contributed by atoms with Crippen molar-refractivity contribution in [3.63, 3.8) is 0 Å². The molecule has 0 atom stereocenters. The highest BCUT2D eigenvalue weighted by Gasteiger charge is 2.21. The SMILES string of the molecule is CCOC1CCN(C(=NC)NCCCSc2ccc(F)cc2)CC1.I. The van der Waals surface area contributed by atoms with Crippen molar-refractivity contribution in [2.75, 3.05) is 39.0 Å². The molecule has 0 saturated carbocycles. The lowest BCUT2D eigenvalue weighted by Crippen LogP contribution is -2.47. The minimum atomic E-state index is -0.182. The van der Waals surface area contributed by atoms with Crippen LogP contribution in [0, 0.1) is 5.82 Å². The average Bonchev–Trinajstić information content (AvgIpc) is 2.61. The third kappa shape index (κ3) is 8.13. The summed E-state index contributed by atoms with van der Waals surface area (Å²) in [4.78, 5) is 7.81. The van der Waals surface area contributed by atoms with Crippen LogP contribution in [0.1, 0.15) is 26.2 Å².